The predicted molar refractivity (Wildman–Crippen MR) is 190 cm³/mol. The second-order valence-corrected chi connectivity index (χ2v) is 13.2. The maximum absolute atomic E-state index is 13.0. The van der Waals surface area contributed by atoms with E-state index in [4.69, 9.17) is 33.3 Å². The number of methoxy groups -OCH3 is 2. The standard InChI is InChI=1S/C37H49N5O8/c1-8-38-23-39-12-9-14-42(4,5)15-17-46-16-13-40-34(43)22-48-37-25(10-11-28-27(37)19-29(49-28)24(2)3)36-35-26-18-31(44-6)32(45-7)20-30(26)47-21-33(35)50-41-36/h10-11,18,20,29,33,35H,2,8-9,12-17,19,21-22H2,1,3-7H3/p+1/t29-,33?,35?/m1/s1. The van der Waals surface area contributed by atoms with Crippen molar-refractivity contribution in [3.63, 3.8) is 0 Å². The van der Waals surface area contributed by atoms with Crippen LogP contribution in [0.5, 0.6) is 28.7 Å². The quantitative estimate of drug-likeness (QED) is 0.107. The fraction of sp³-hybridized carbons (Fsp3) is 0.541. The van der Waals surface area contributed by atoms with Crippen LogP contribution in [0.1, 0.15) is 42.9 Å². The van der Waals surface area contributed by atoms with E-state index in [1.165, 1.54) is 0 Å². The second-order valence-electron chi connectivity index (χ2n) is 13.2. The van der Waals surface area contributed by atoms with Gasteiger partial charge in [-0.3, -0.25) is 4.79 Å². The first-order valence-electron chi connectivity index (χ1n) is 17.1. The number of nitrogens with one attached hydrogen (secondary N) is 1. The van der Waals surface area contributed by atoms with E-state index in [9.17, 15) is 4.79 Å². The first-order chi connectivity index (χ1) is 24.2. The molecule has 1 amide bonds. The summed E-state index contributed by atoms with van der Waals surface area (Å²) < 4.78 is 36.3. The number of quaternary nitrogens is 1. The molecule has 270 valence electrons. The molecule has 0 aromatic heterocycles. The number of fused-ring (bicyclic) bond motifs is 4. The first-order valence-corrected chi connectivity index (χ1v) is 17.1. The largest absolute Gasteiger partial charge is 0.493 e. The van der Waals surface area contributed by atoms with Gasteiger partial charge in [0.2, 0.25) is 0 Å². The summed E-state index contributed by atoms with van der Waals surface area (Å²) in [4.78, 5) is 27.1. The van der Waals surface area contributed by atoms with Crippen LogP contribution in [0.2, 0.25) is 0 Å². The molecule has 13 nitrogen and oxygen atoms in total. The van der Waals surface area contributed by atoms with Crippen LogP contribution in [0.3, 0.4) is 0 Å². The third-order valence-corrected chi connectivity index (χ3v) is 9.00. The monoisotopic (exact) mass is 692 g/mol. The summed E-state index contributed by atoms with van der Waals surface area (Å²) in [7, 11) is 7.52. The van der Waals surface area contributed by atoms with E-state index in [1.54, 1.807) is 14.2 Å². The second kappa shape index (κ2) is 16.9. The van der Waals surface area contributed by atoms with Gasteiger partial charge < -0.3 is 43.1 Å². The smallest absolute Gasteiger partial charge is 0.258 e. The zero-order valence-corrected chi connectivity index (χ0v) is 30.1. The maximum Gasteiger partial charge on any atom is 0.258 e. The molecule has 5 rings (SSSR count). The molecule has 3 heterocycles. The highest BCUT2D eigenvalue weighted by molar-refractivity contribution is 6.09. The third-order valence-electron chi connectivity index (χ3n) is 9.00. The highest BCUT2D eigenvalue weighted by atomic mass is 16.7. The van der Waals surface area contributed by atoms with Crippen molar-refractivity contribution in [3.8, 4) is 28.7 Å². The van der Waals surface area contributed by atoms with Crippen molar-refractivity contribution in [2.75, 3.05) is 87.5 Å². The summed E-state index contributed by atoms with van der Waals surface area (Å²) in [5.41, 5.74) is 4.03. The Kier molecular flexibility index (Phi) is 12.4. The summed E-state index contributed by atoms with van der Waals surface area (Å²) in [6.45, 7) is 12.7. The van der Waals surface area contributed by atoms with Crippen molar-refractivity contribution in [2.45, 2.75) is 44.8 Å². The average molecular weight is 693 g/mol. The van der Waals surface area contributed by atoms with Gasteiger partial charge in [-0.2, -0.15) is 0 Å². The fourth-order valence-corrected chi connectivity index (χ4v) is 6.19. The van der Waals surface area contributed by atoms with Crippen LogP contribution in [-0.4, -0.2) is 122 Å². The predicted octanol–water partition coefficient (Wildman–Crippen LogP) is 4.03. The number of aliphatic imine (C=N–C) groups is 2. The number of likely N-dealkylation sites (N-methyl/N-ethyl adjacent to an activating group) is 1. The average Bonchev–Trinajstić information content (AvgIpc) is 3.75. The van der Waals surface area contributed by atoms with Gasteiger partial charge in [0.25, 0.3) is 5.91 Å². The van der Waals surface area contributed by atoms with Crippen molar-refractivity contribution >= 4 is 17.6 Å². The molecular formula is C37H50N5O8+. The minimum absolute atomic E-state index is 0.191. The van der Waals surface area contributed by atoms with Gasteiger partial charge in [-0.25, -0.2) is 9.98 Å². The number of oxime groups is 1. The SMILES string of the molecule is C=C(C)[C@H]1Cc2c(ccc(C3=NOC4COc5cc(OC)c(OC)cc5C34)c2OCC(=O)NCCOCC[N+](C)(C)CCCN=C=NCC)O1. The molecule has 0 fully saturated rings. The van der Waals surface area contributed by atoms with Gasteiger partial charge in [-0.1, -0.05) is 11.7 Å². The van der Waals surface area contributed by atoms with E-state index in [0.717, 1.165) is 46.3 Å². The molecule has 50 heavy (non-hydrogen) atoms. The summed E-state index contributed by atoms with van der Waals surface area (Å²) in [6.07, 6.45) is 0.977. The molecule has 0 saturated heterocycles. The number of carbonyl (C=O) groups excluding carboxylic acids is 1. The van der Waals surface area contributed by atoms with Gasteiger partial charge in [0.1, 0.15) is 42.2 Å². The topological polar surface area (TPSA) is 131 Å². The Hall–Kier alpha value is -4.58. The van der Waals surface area contributed by atoms with Crippen molar-refractivity contribution in [3.05, 3.63) is 53.1 Å². The molecule has 0 aliphatic carbocycles. The van der Waals surface area contributed by atoms with Crippen LogP contribution in [0.15, 0.2) is 51.6 Å². The van der Waals surface area contributed by atoms with E-state index in [2.05, 4.69) is 47.1 Å². The minimum atomic E-state index is -0.344. The van der Waals surface area contributed by atoms with Gasteiger partial charge in [0.05, 0.1) is 66.5 Å². The minimum Gasteiger partial charge on any atom is -0.493 e. The van der Waals surface area contributed by atoms with Crippen molar-refractivity contribution < 1.29 is 42.5 Å². The summed E-state index contributed by atoms with van der Waals surface area (Å²) >= 11 is 0. The van der Waals surface area contributed by atoms with E-state index in [0.29, 0.717) is 80.3 Å². The fourth-order valence-electron chi connectivity index (χ4n) is 6.19. The molecule has 2 aromatic carbocycles. The summed E-state index contributed by atoms with van der Waals surface area (Å²) in [5.74, 6) is 2.53. The lowest BCUT2D eigenvalue weighted by Gasteiger charge is -2.29. The number of carbonyl (C=O) groups is 1. The number of amides is 1. The summed E-state index contributed by atoms with van der Waals surface area (Å²) in [5, 5.41) is 7.45. The molecule has 13 heteroatoms. The van der Waals surface area contributed by atoms with E-state index < -0.39 is 0 Å². The lowest BCUT2D eigenvalue weighted by molar-refractivity contribution is -0.890. The van der Waals surface area contributed by atoms with E-state index in [-0.39, 0.29) is 30.6 Å². The molecule has 0 bridgehead atoms. The number of benzene rings is 2. The molecule has 0 spiro atoms. The van der Waals surface area contributed by atoms with E-state index >= 15 is 0 Å². The first kappa shape index (κ1) is 36.7. The zero-order valence-electron chi connectivity index (χ0n) is 30.1. The maximum atomic E-state index is 13.0. The Morgan fingerprint density at radius 1 is 1.12 bits per heavy atom. The number of hydrogen-bond donors (Lipinski definition) is 1. The normalized spacial score (nSPS) is 18.5. The van der Waals surface area contributed by atoms with Crippen LogP contribution < -0.4 is 29.0 Å². The van der Waals surface area contributed by atoms with Crippen molar-refractivity contribution in [2.24, 2.45) is 15.1 Å². The molecule has 3 aliphatic heterocycles. The highest BCUT2D eigenvalue weighted by Crippen LogP contribution is 2.48. The number of hydrogen-bond acceptors (Lipinski definition) is 11. The van der Waals surface area contributed by atoms with Crippen LogP contribution in [0.25, 0.3) is 0 Å². The zero-order chi connectivity index (χ0) is 35.7. The number of nitrogens with zero attached hydrogens (tertiary/aromatic N) is 4. The number of ether oxygens (including phenoxy) is 6. The number of rotatable bonds is 18. The van der Waals surface area contributed by atoms with Crippen LogP contribution in [0, 0.1) is 0 Å². The van der Waals surface area contributed by atoms with Crippen LogP contribution in [0.4, 0.5) is 0 Å². The van der Waals surface area contributed by atoms with E-state index in [1.807, 2.05) is 38.1 Å². The molecule has 3 aliphatic rings. The highest BCUT2D eigenvalue weighted by Gasteiger charge is 2.44. The molecule has 3 atom stereocenters. The van der Waals surface area contributed by atoms with Gasteiger partial charge >= 0.3 is 0 Å². The Labute approximate surface area is 294 Å². The van der Waals surface area contributed by atoms with Gasteiger partial charge in [0, 0.05) is 48.7 Å². The molecule has 2 unspecified atom stereocenters. The summed E-state index contributed by atoms with van der Waals surface area (Å²) in [6, 6.07) is 10.3. The van der Waals surface area contributed by atoms with Crippen molar-refractivity contribution in [1.29, 1.82) is 0 Å². The lowest BCUT2D eigenvalue weighted by Crippen LogP contribution is -2.43. The third kappa shape index (κ3) is 8.76. The Bertz CT molecular complexity index is 1630. The van der Waals surface area contributed by atoms with Gasteiger partial charge in [0.15, 0.2) is 24.2 Å². The van der Waals surface area contributed by atoms with Crippen LogP contribution in [-0.2, 0) is 20.8 Å². The molecule has 0 radical (unpaired) electrons. The van der Waals surface area contributed by atoms with Crippen LogP contribution >= 0.6 is 0 Å². The molecule has 0 saturated carbocycles. The Morgan fingerprint density at radius 3 is 2.68 bits per heavy atom. The molecule has 2 aromatic rings. The van der Waals surface area contributed by atoms with Gasteiger partial charge in [-0.15, -0.1) is 0 Å². The Morgan fingerprint density at radius 2 is 1.92 bits per heavy atom. The molecule has 1 N–H and O–H groups in total. The molecular weight excluding hydrogens is 642 g/mol. The lowest BCUT2D eigenvalue weighted by atomic mass is 9.83. The van der Waals surface area contributed by atoms with Crippen molar-refractivity contribution in [1.82, 2.24) is 5.32 Å². The Balaban J connectivity index is 1.21. The van der Waals surface area contributed by atoms with Gasteiger partial charge in [-0.05, 0) is 37.6 Å².